The van der Waals surface area contributed by atoms with Crippen LogP contribution in [0.3, 0.4) is 0 Å². The second-order valence-electron chi connectivity index (χ2n) is 5.59. The zero-order valence-corrected chi connectivity index (χ0v) is 13.1. The number of sulfonamides is 1. The molecule has 1 saturated heterocycles. The molecule has 1 aliphatic heterocycles. The number of amides is 1. The lowest BCUT2D eigenvalue weighted by Crippen LogP contribution is -2.48. The third-order valence-corrected chi connectivity index (χ3v) is 5.95. The van der Waals surface area contributed by atoms with Crippen molar-refractivity contribution in [3.8, 4) is 0 Å². The van der Waals surface area contributed by atoms with Gasteiger partial charge in [0.05, 0.1) is 4.90 Å². The third-order valence-electron chi connectivity index (χ3n) is 3.94. The van der Waals surface area contributed by atoms with Crippen LogP contribution in [-0.4, -0.2) is 37.3 Å². The third kappa shape index (κ3) is 3.09. The number of piperidine rings is 1. The largest absolute Gasteiger partial charge is 0.366 e. The second kappa shape index (κ2) is 5.75. The number of hydrogen-bond donors (Lipinski definition) is 2. The van der Waals surface area contributed by atoms with E-state index < -0.39 is 15.9 Å². The SMILES string of the molecule is Cc1ccc(S(=O)(=O)N2CCC(N)CC2C)cc1C(N)=O. The molecule has 1 aliphatic rings. The van der Waals surface area contributed by atoms with Crippen molar-refractivity contribution in [2.24, 2.45) is 11.5 Å². The van der Waals surface area contributed by atoms with Crippen molar-refractivity contribution >= 4 is 15.9 Å². The molecule has 1 amide bonds. The maximum atomic E-state index is 12.7. The molecule has 2 unspecified atom stereocenters. The Morgan fingerprint density at radius 3 is 2.62 bits per heavy atom. The average molecular weight is 311 g/mol. The lowest BCUT2D eigenvalue weighted by atomic mass is 10.0. The predicted octanol–water partition coefficient (Wildman–Crippen LogP) is 0.594. The highest BCUT2D eigenvalue weighted by Crippen LogP contribution is 2.26. The molecule has 0 radical (unpaired) electrons. The van der Waals surface area contributed by atoms with Gasteiger partial charge in [-0.2, -0.15) is 4.31 Å². The Balaban J connectivity index is 2.40. The minimum absolute atomic E-state index is 0.0330. The monoisotopic (exact) mass is 311 g/mol. The highest BCUT2D eigenvalue weighted by atomic mass is 32.2. The normalized spacial score (nSPS) is 24.0. The van der Waals surface area contributed by atoms with Crippen LogP contribution in [0.25, 0.3) is 0 Å². The molecular weight excluding hydrogens is 290 g/mol. The van der Waals surface area contributed by atoms with Crippen molar-refractivity contribution in [3.05, 3.63) is 29.3 Å². The van der Waals surface area contributed by atoms with Crippen molar-refractivity contribution < 1.29 is 13.2 Å². The second-order valence-corrected chi connectivity index (χ2v) is 7.48. The number of carbonyl (C=O) groups is 1. The maximum absolute atomic E-state index is 12.7. The fourth-order valence-corrected chi connectivity index (χ4v) is 4.39. The Bertz CT molecular complexity index is 657. The van der Waals surface area contributed by atoms with Crippen molar-refractivity contribution in [1.82, 2.24) is 4.31 Å². The molecule has 4 N–H and O–H groups in total. The van der Waals surface area contributed by atoms with Gasteiger partial charge < -0.3 is 11.5 Å². The van der Waals surface area contributed by atoms with E-state index in [-0.39, 0.29) is 22.5 Å². The molecule has 0 saturated carbocycles. The number of nitrogens with zero attached hydrogens (tertiary/aromatic N) is 1. The molecule has 7 heteroatoms. The number of rotatable bonds is 3. The predicted molar refractivity (Wildman–Crippen MR) is 80.3 cm³/mol. The van der Waals surface area contributed by atoms with Crippen molar-refractivity contribution in [2.45, 2.75) is 43.7 Å². The summed E-state index contributed by atoms with van der Waals surface area (Å²) in [6, 6.07) is 4.35. The number of benzene rings is 1. The number of aryl methyl sites for hydroxylation is 1. The van der Waals surface area contributed by atoms with Gasteiger partial charge in [-0.25, -0.2) is 8.42 Å². The van der Waals surface area contributed by atoms with Crippen LogP contribution in [0.15, 0.2) is 23.1 Å². The Kier molecular flexibility index (Phi) is 4.36. The van der Waals surface area contributed by atoms with Crippen LogP contribution in [0.2, 0.25) is 0 Å². The average Bonchev–Trinajstić information content (AvgIpc) is 2.38. The summed E-state index contributed by atoms with van der Waals surface area (Å²) >= 11 is 0. The zero-order chi connectivity index (χ0) is 15.8. The highest BCUT2D eigenvalue weighted by molar-refractivity contribution is 7.89. The Morgan fingerprint density at radius 1 is 1.38 bits per heavy atom. The van der Waals surface area contributed by atoms with E-state index in [9.17, 15) is 13.2 Å². The van der Waals surface area contributed by atoms with E-state index in [4.69, 9.17) is 11.5 Å². The van der Waals surface area contributed by atoms with E-state index in [0.717, 1.165) is 0 Å². The summed E-state index contributed by atoms with van der Waals surface area (Å²) in [6.07, 6.45) is 1.27. The molecule has 2 rings (SSSR count). The first-order chi connectivity index (χ1) is 9.73. The van der Waals surface area contributed by atoms with E-state index in [1.165, 1.54) is 16.4 Å². The van der Waals surface area contributed by atoms with E-state index in [0.29, 0.717) is 24.9 Å². The van der Waals surface area contributed by atoms with E-state index in [1.54, 1.807) is 13.0 Å². The molecule has 0 aliphatic carbocycles. The van der Waals surface area contributed by atoms with E-state index >= 15 is 0 Å². The van der Waals surface area contributed by atoms with Crippen LogP contribution in [-0.2, 0) is 10.0 Å². The highest BCUT2D eigenvalue weighted by Gasteiger charge is 2.33. The topological polar surface area (TPSA) is 106 Å². The fraction of sp³-hybridized carbons (Fsp3) is 0.500. The van der Waals surface area contributed by atoms with Crippen molar-refractivity contribution in [2.75, 3.05) is 6.54 Å². The van der Waals surface area contributed by atoms with Crippen LogP contribution in [0, 0.1) is 6.92 Å². The van der Waals surface area contributed by atoms with Gasteiger partial charge in [0, 0.05) is 24.2 Å². The molecule has 6 nitrogen and oxygen atoms in total. The van der Waals surface area contributed by atoms with E-state index in [1.807, 2.05) is 6.92 Å². The van der Waals surface area contributed by atoms with Crippen LogP contribution in [0.5, 0.6) is 0 Å². The summed E-state index contributed by atoms with van der Waals surface area (Å²) in [4.78, 5) is 11.5. The minimum Gasteiger partial charge on any atom is -0.366 e. The summed E-state index contributed by atoms with van der Waals surface area (Å²) in [7, 11) is -3.64. The van der Waals surface area contributed by atoms with Crippen LogP contribution in [0.4, 0.5) is 0 Å². The molecule has 0 spiro atoms. The summed E-state index contributed by atoms with van der Waals surface area (Å²) in [6.45, 7) is 3.96. The summed E-state index contributed by atoms with van der Waals surface area (Å²) in [5, 5.41) is 0. The van der Waals surface area contributed by atoms with Crippen molar-refractivity contribution in [1.29, 1.82) is 0 Å². The molecule has 21 heavy (non-hydrogen) atoms. The standard InChI is InChI=1S/C14H21N3O3S/c1-9-3-4-12(8-13(9)14(16)18)21(19,20)17-6-5-11(15)7-10(17)2/h3-4,8,10-11H,5-7,15H2,1-2H3,(H2,16,18). The molecule has 1 aromatic rings. The molecule has 1 heterocycles. The van der Waals surface area contributed by atoms with Crippen LogP contribution < -0.4 is 11.5 Å². The quantitative estimate of drug-likeness (QED) is 0.852. The zero-order valence-electron chi connectivity index (χ0n) is 12.2. The van der Waals surface area contributed by atoms with Gasteiger partial charge in [-0.05, 0) is 44.4 Å². The molecule has 1 fully saturated rings. The summed E-state index contributed by atoms with van der Waals surface area (Å²) in [5.74, 6) is -0.627. The Labute approximate surface area is 125 Å². The summed E-state index contributed by atoms with van der Waals surface area (Å²) < 4.78 is 26.9. The first kappa shape index (κ1) is 15.9. The lowest BCUT2D eigenvalue weighted by molar-refractivity contribution is 0.0999. The molecule has 2 atom stereocenters. The van der Waals surface area contributed by atoms with Gasteiger partial charge in [0.2, 0.25) is 15.9 Å². The molecular formula is C14H21N3O3S. The summed E-state index contributed by atoms with van der Waals surface area (Å²) in [5.41, 5.74) is 12.1. The first-order valence-electron chi connectivity index (χ1n) is 6.91. The van der Waals surface area contributed by atoms with Crippen LogP contribution in [0.1, 0.15) is 35.7 Å². The molecule has 116 valence electrons. The lowest BCUT2D eigenvalue weighted by Gasteiger charge is -2.35. The maximum Gasteiger partial charge on any atom is 0.249 e. The van der Waals surface area contributed by atoms with Gasteiger partial charge >= 0.3 is 0 Å². The van der Waals surface area contributed by atoms with Gasteiger partial charge in [-0.3, -0.25) is 4.79 Å². The van der Waals surface area contributed by atoms with Gasteiger partial charge in [0.25, 0.3) is 0 Å². The number of hydrogen-bond acceptors (Lipinski definition) is 4. The van der Waals surface area contributed by atoms with Gasteiger partial charge in [0.1, 0.15) is 0 Å². The fourth-order valence-electron chi connectivity index (χ4n) is 2.71. The Morgan fingerprint density at radius 2 is 2.05 bits per heavy atom. The molecule has 0 aromatic heterocycles. The van der Waals surface area contributed by atoms with Crippen LogP contribution >= 0.6 is 0 Å². The first-order valence-corrected chi connectivity index (χ1v) is 8.35. The molecule has 1 aromatic carbocycles. The smallest absolute Gasteiger partial charge is 0.249 e. The number of primary amides is 1. The van der Waals surface area contributed by atoms with Crippen molar-refractivity contribution in [3.63, 3.8) is 0 Å². The number of nitrogens with two attached hydrogens (primary N) is 2. The minimum atomic E-state index is -3.64. The Hall–Kier alpha value is -1.44. The van der Waals surface area contributed by atoms with Gasteiger partial charge in [-0.1, -0.05) is 6.07 Å². The van der Waals surface area contributed by atoms with Gasteiger partial charge in [-0.15, -0.1) is 0 Å². The molecule has 0 bridgehead atoms. The van der Waals surface area contributed by atoms with Gasteiger partial charge in [0.15, 0.2) is 0 Å². The van der Waals surface area contributed by atoms with E-state index in [2.05, 4.69) is 0 Å². The number of carbonyl (C=O) groups excluding carboxylic acids is 1.